The van der Waals surface area contributed by atoms with Gasteiger partial charge in [0.25, 0.3) is 0 Å². The van der Waals surface area contributed by atoms with Gasteiger partial charge >= 0.3 is 5.97 Å². The molecule has 0 aromatic heterocycles. The molecule has 0 aromatic carbocycles. The van der Waals surface area contributed by atoms with E-state index < -0.39 is 55.9 Å². The lowest BCUT2D eigenvalue weighted by molar-refractivity contribution is -0.239. The van der Waals surface area contributed by atoms with E-state index in [9.17, 15) is 20.1 Å². The number of nitrogens with one attached hydrogen (secondary N) is 1. The summed E-state index contributed by atoms with van der Waals surface area (Å²) < 4.78 is 5.02. The average molecular weight is 267 g/mol. The van der Waals surface area contributed by atoms with Crippen LogP contribution in [0.15, 0.2) is 0 Å². The number of carbonyl (C=O) groups is 1. The second-order valence-corrected chi connectivity index (χ2v) is 3.99. The van der Waals surface area contributed by atoms with Crippen molar-refractivity contribution in [3.63, 3.8) is 0 Å². The van der Waals surface area contributed by atoms with Crippen LogP contribution < -0.4 is 5.32 Å². The number of carboxylic acids is 1. The Hall–Kier alpha value is -0.810. The summed E-state index contributed by atoms with van der Waals surface area (Å²) in [6.45, 7) is -1.36. The lowest BCUT2D eigenvalue weighted by Crippen LogP contribution is -2.64. The van der Waals surface area contributed by atoms with E-state index >= 15 is 0 Å². The number of aliphatic carboxylic acids is 1. The highest BCUT2D eigenvalue weighted by molar-refractivity contribution is 5.73. The highest BCUT2D eigenvalue weighted by Gasteiger charge is 2.44. The molecule has 0 bridgehead atoms. The molecule has 1 unspecified atom stereocenters. The van der Waals surface area contributed by atoms with Gasteiger partial charge in [0, 0.05) is 0 Å². The van der Waals surface area contributed by atoms with Crippen LogP contribution in [0.2, 0.25) is 0 Å². The van der Waals surface area contributed by atoms with Crippen molar-refractivity contribution in [3.05, 3.63) is 0 Å². The Morgan fingerprint density at radius 1 is 1.17 bits per heavy atom. The zero-order chi connectivity index (χ0) is 13.9. The average Bonchev–Trinajstić information content (AvgIpc) is 2.35. The second kappa shape index (κ2) is 6.38. The van der Waals surface area contributed by atoms with E-state index in [1.165, 1.54) is 0 Å². The molecular weight excluding hydrogens is 250 g/mol. The third kappa shape index (κ3) is 3.14. The van der Waals surface area contributed by atoms with Crippen molar-refractivity contribution < 1.29 is 40.2 Å². The molecule has 1 saturated heterocycles. The Morgan fingerprint density at radius 3 is 2.22 bits per heavy atom. The molecule has 0 spiro atoms. The van der Waals surface area contributed by atoms with E-state index in [0.29, 0.717) is 0 Å². The minimum atomic E-state index is -1.60. The molecule has 0 amide bonds. The molecule has 1 rings (SSSR count). The highest BCUT2D eigenvalue weighted by Crippen LogP contribution is 2.19. The number of carboxylic acid groups (broad SMARTS) is 1. The van der Waals surface area contributed by atoms with Crippen LogP contribution in [0.4, 0.5) is 0 Å². The lowest BCUT2D eigenvalue weighted by Gasteiger charge is -2.40. The van der Waals surface area contributed by atoms with Gasteiger partial charge in [-0.15, -0.1) is 0 Å². The van der Waals surface area contributed by atoms with Gasteiger partial charge in [0.2, 0.25) is 0 Å². The van der Waals surface area contributed by atoms with Crippen LogP contribution >= 0.6 is 0 Å². The monoisotopic (exact) mass is 267 g/mol. The number of aliphatic hydroxyl groups excluding tert-OH is 5. The number of ether oxygens (including phenoxy) is 1. The molecule has 1 fully saturated rings. The molecule has 9 heteroatoms. The normalized spacial score (nSPS) is 38.4. The quantitative estimate of drug-likeness (QED) is 0.262. The summed E-state index contributed by atoms with van der Waals surface area (Å²) in [5, 5.41) is 57.2. The topological polar surface area (TPSA) is 160 Å². The predicted octanol–water partition coefficient (Wildman–Crippen LogP) is -4.18. The molecule has 9 nitrogen and oxygen atoms in total. The summed E-state index contributed by atoms with van der Waals surface area (Å²) in [4.78, 5) is 10.7. The molecule has 1 aliphatic heterocycles. The molecule has 0 radical (unpaired) electrons. The Labute approximate surface area is 102 Å². The molecule has 7 N–H and O–H groups in total. The minimum Gasteiger partial charge on any atom is -0.480 e. The second-order valence-electron chi connectivity index (χ2n) is 3.99. The molecule has 0 aromatic rings. The summed E-state index contributed by atoms with van der Waals surface area (Å²) in [5.41, 5.74) is 0. The van der Waals surface area contributed by atoms with Gasteiger partial charge < -0.3 is 35.4 Å². The zero-order valence-corrected chi connectivity index (χ0v) is 9.38. The van der Waals surface area contributed by atoms with E-state index in [1.54, 1.807) is 0 Å². The van der Waals surface area contributed by atoms with E-state index in [4.69, 9.17) is 20.1 Å². The van der Waals surface area contributed by atoms with Crippen LogP contribution in [0.3, 0.4) is 0 Å². The first kappa shape index (κ1) is 15.2. The zero-order valence-electron chi connectivity index (χ0n) is 9.38. The maximum atomic E-state index is 10.7. The molecular formula is C9H17NO8. The Kier molecular flexibility index (Phi) is 5.41. The molecule has 106 valence electrons. The minimum absolute atomic E-state index is 0.611. The summed E-state index contributed by atoms with van der Waals surface area (Å²) >= 11 is 0. The van der Waals surface area contributed by atoms with Crippen molar-refractivity contribution in [2.75, 3.05) is 13.2 Å². The van der Waals surface area contributed by atoms with Gasteiger partial charge in [0.15, 0.2) is 0 Å². The maximum absolute atomic E-state index is 10.7. The fourth-order valence-corrected chi connectivity index (χ4v) is 1.64. The first-order valence-electron chi connectivity index (χ1n) is 5.32. The highest BCUT2D eigenvalue weighted by atomic mass is 16.6. The van der Waals surface area contributed by atoms with Crippen LogP contribution in [0, 0.1) is 0 Å². The summed E-state index contributed by atoms with van der Waals surface area (Å²) in [7, 11) is 0. The lowest BCUT2D eigenvalue weighted by atomic mass is 9.98. The first-order chi connectivity index (χ1) is 8.42. The maximum Gasteiger partial charge on any atom is 0.323 e. The molecule has 0 saturated carbocycles. The smallest absolute Gasteiger partial charge is 0.323 e. The third-order valence-electron chi connectivity index (χ3n) is 2.74. The van der Waals surface area contributed by atoms with Crippen molar-refractivity contribution in [1.29, 1.82) is 0 Å². The van der Waals surface area contributed by atoms with Gasteiger partial charge in [0.05, 0.1) is 13.2 Å². The fourth-order valence-electron chi connectivity index (χ4n) is 1.64. The molecule has 0 aliphatic carbocycles. The molecule has 18 heavy (non-hydrogen) atoms. The van der Waals surface area contributed by atoms with E-state index in [1.807, 2.05) is 0 Å². The van der Waals surface area contributed by atoms with Crippen molar-refractivity contribution in [3.8, 4) is 0 Å². The summed E-state index contributed by atoms with van der Waals surface area (Å²) in [6, 6.07) is -1.40. The van der Waals surface area contributed by atoms with Crippen molar-refractivity contribution >= 4 is 5.97 Å². The van der Waals surface area contributed by atoms with Crippen LogP contribution in [0.5, 0.6) is 0 Å². The van der Waals surface area contributed by atoms with Gasteiger partial charge in [-0.05, 0) is 0 Å². The van der Waals surface area contributed by atoms with Gasteiger partial charge in [-0.2, -0.15) is 0 Å². The van der Waals surface area contributed by atoms with Crippen molar-refractivity contribution in [1.82, 2.24) is 5.32 Å². The van der Waals surface area contributed by atoms with Gasteiger partial charge in [-0.25, -0.2) is 0 Å². The Morgan fingerprint density at radius 2 is 1.78 bits per heavy atom. The Bertz CT molecular complexity index is 286. The first-order valence-corrected chi connectivity index (χ1v) is 5.32. The van der Waals surface area contributed by atoms with Crippen molar-refractivity contribution in [2.45, 2.75) is 36.7 Å². The molecule has 1 heterocycles. The largest absolute Gasteiger partial charge is 0.480 e. The van der Waals surface area contributed by atoms with Crippen molar-refractivity contribution in [2.24, 2.45) is 0 Å². The van der Waals surface area contributed by atoms with E-state index in [-0.39, 0.29) is 0 Å². The number of aliphatic hydroxyl groups is 5. The summed E-state index contributed by atoms with van der Waals surface area (Å²) in [6.07, 6.45) is -7.15. The fraction of sp³-hybridized carbons (Fsp3) is 0.889. The van der Waals surface area contributed by atoms with Crippen LogP contribution in [0.25, 0.3) is 0 Å². The molecule has 6 atom stereocenters. The number of hydrogen-bond acceptors (Lipinski definition) is 8. The van der Waals surface area contributed by atoms with Gasteiger partial charge in [-0.3, -0.25) is 10.1 Å². The number of hydrogen-bond donors (Lipinski definition) is 7. The SMILES string of the molecule is O=C(O)[C@H](CO)NC1O[C@H](CO)[C@H](O)[C@H](O)[C@H]1O. The number of rotatable bonds is 5. The summed E-state index contributed by atoms with van der Waals surface area (Å²) in [5.74, 6) is -1.37. The van der Waals surface area contributed by atoms with Gasteiger partial charge in [-0.1, -0.05) is 0 Å². The molecule has 1 aliphatic rings. The Balaban J connectivity index is 2.72. The third-order valence-corrected chi connectivity index (χ3v) is 2.74. The van der Waals surface area contributed by atoms with Crippen LogP contribution in [-0.4, -0.2) is 86.5 Å². The van der Waals surface area contributed by atoms with Crippen LogP contribution in [-0.2, 0) is 9.53 Å². The van der Waals surface area contributed by atoms with Crippen LogP contribution in [0.1, 0.15) is 0 Å². The van der Waals surface area contributed by atoms with Gasteiger partial charge in [0.1, 0.15) is 36.7 Å². The predicted molar refractivity (Wildman–Crippen MR) is 55.4 cm³/mol. The standard InChI is InChI=1S/C9H17NO8/c11-1-3(9(16)17)10-8-7(15)6(14)5(13)4(2-12)18-8/h3-8,10-15H,1-2H2,(H,16,17)/t3-,4+,5-,6-,7+,8?/m0/s1. The van der Waals surface area contributed by atoms with E-state index in [2.05, 4.69) is 5.32 Å². The van der Waals surface area contributed by atoms with E-state index in [0.717, 1.165) is 0 Å².